The maximum absolute atomic E-state index is 4.67. The molecule has 5 rings (SSSR count). The monoisotopic (exact) mass is 326 g/mol. The minimum Gasteiger partial charge on any atom is -0.214 e. The molecule has 3 aromatic carbocycles. The minimum atomic E-state index is -0.305. The fourth-order valence-electron chi connectivity index (χ4n) is 3.05. The summed E-state index contributed by atoms with van der Waals surface area (Å²) in [5.74, 6) is 0. The normalized spacial score (nSPS) is 12.6. The lowest BCUT2D eigenvalue weighted by atomic mass is 10.2. The van der Waals surface area contributed by atoms with Gasteiger partial charge in [0.05, 0.1) is 5.52 Å². The molecule has 0 aliphatic heterocycles. The lowest BCUT2D eigenvalue weighted by Crippen LogP contribution is -2.23. The third-order valence-electron chi connectivity index (χ3n) is 4.23. The van der Waals surface area contributed by atoms with Gasteiger partial charge in [0.15, 0.2) is 6.17 Å². The quantitative estimate of drug-likeness (QED) is 0.510. The smallest absolute Gasteiger partial charge is 0.190 e. The molecule has 120 valence electrons. The molecule has 0 fully saturated rings. The number of benzene rings is 3. The Kier molecular flexibility index (Phi) is 3.06. The van der Waals surface area contributed by atoms with Gasteiger partial charge in [-0.1, -0.05) is 59.8 Å². The van der Waals surface area contributed by atoms with Gasteiger partial charge >= 0.3 is 0 Å². The molecule has 0 bridgehead atoms. The fourth-order valence-corrected chi connectivity index (χ4v) is 3.05. The average Bonchev–Trinajstić information content (AvgIpc) is 3.28. The zero-order valence-corrected chi connectivity index (χ0v) is 13.3. The van der Waals surface area contributed by atoms with E-state index in [0.29, 0.717) is 0 Å². The van der Waals surface area contributed by atoms with E-state index < -0.39 is 0 Å². The van der Waals surface area contributed by atoms with Crippen LogP contribution in [0, 0.1) is 0 Å². The molecule has 6 heteroatoms. The Bertz CT molecular complexity index is 1130. The van der Waals surface area contributed by atoms with E-state index in [-0.39, 0.29) is 6.17 Å². The van der Waals surface area contributed by atoms with Crippen molar-refractivity contribution in [2.45, 2.75) is 6.17 Å². The zero-order valence-electron chi connectivity index (χ0n) is 13.3. The molecule has 0 radical (unpaired) electrons. The van der Waals surface area contributed by atoms with Gasteiger partial charge in [-0.05, 0) is 24.3 Å². The van der Waals surface area contributed by atoms with Gasteiger partial charge in [0.2, 0.25) is 0 Å². The molecule has 6 nitrogen and oxygen atoms in total. The van der Waals surface area contributed by atoms with E-state index >= 15 is 0 Å². The second-order valence-corrected chi connectivity index (χ2v) is 5.82. The molecular weight excluding hydrogens is 312 g/mol. The topological polar surface area (TPSA) is 61.4 Å². The van der Waals surface area contributed by atoms with Crippen molar-refractivity contribution >= 4 is 22.1 Å². The van der Waals surface area contributed by atoms with Crippen LogP contribution in [0.1, 0.15) is 11.7 Å². The second-order valence-electron chi connectivity index (χ2n) is 5.82. The third kappa shape index (κ3) is 2.27. The van der Waals surface area contributed by atoms with Gasteiger partial charge in [-0.25, -0.2) is 4.68 Å². The third-order valence-corrected chi connectivity index (χ3v) is 4.23. The first-order chi connectivity index (χ1) is 12.4. The van der Waals surface area contributed by atoms with Crippen molar-refractivity contribution in [1.82, 2.24) is 30.0 Å². The summed E-state index contributed by atoms with van der Waals surface area (Å²) < 4.78 is 1.86. The van der Waals surface area contributed by atoms with E-state index in [9.17, 15) is 0 Å². The lowest BCUT2D eigenvalue weighted by molar-refractivity contribution is 0.382. The molecule has 2 aromatic heterocycles. The van der Waals surface area contributed by atoms with Crippen LogP contribution < -0.4 is 0 Å². The van der Waals surface area contributed by atoms with Gasteiger partial charge < -0.3 is 0 Å². The maximum atomic E-state index is 4.67. The highest BCUT2D eigenvalue weighted by atomic mass is 15.6. The molecule has 1 unspecified atom stereocenters. The summed E-state index contributed by atoms with van der Waals surface area (Å²) in [7, 11) is 0. The van der Waals surface area contributed by atoms with Crippen molar-refractivity contribution in [2.24, 2.45) is 0 Å². The van der Waals surface area contributed by atoms with Crippen LogP contribution in [0.4, 0.5) is 0 Å². The van der Waals surface area contributed by atoms with Crippen LogP contribution in [-0.4, -0.2) is 30.0 Å². The molecule has 25 heavy (non-hydrogen) atoms. The van der Waals surface area contributed by atoms with Crippen molar-refractivity contribution in [2.75, 3.05) is 0 Å². The highest BCUT2D eigenvalue weighted by Crippen LogP contribution is 2.24. The fraction of sp³-hybridized carbons (Fsp3) is 0.0526. The number of hydrogen-bond donors (Lipinski definition) is 0. The molecule has 1 atom stereocenters. The van der Waals surface area contributed by atoms with E-state index in [0.717, 1.165) is 27.6 Å². The summed E-state index contributed by atoms with van der Waals surface area (Å²) >= 11 is 0. The largest absolute Gasteiger partial charge is 0.214 e. The second kappa shape index (κ2) is 5.52. The van der Waals surface area contributed by atoms with Gasteiger partial charge in [0.25, 0.3) is 0 Å². The molecule has 0 aliphatic carbocycles. The van der Waals surface area contributed by atoms with E-state index in [1.165, 1.54) is 0 Å². The first-order valence-corrected chi connectivity index (χ1v) is 8.06. The van der Waals surface area contributed by atoms with E-state index in [1.807, 2.05) is 71.4 Å². The predicted molar refractivity (Wildman–Crippen MR) is 95.0 cm³/mol. The van der Waals surface area contributed by atoms with Crippen LogP contribution >= 0.6 is 0 Å². The van der Waals surface area contributed by atoms with E-state index in [1.54, 1.807) is 4.80 Å². The number of para-hydroxylation sites is 1. The van der Waals surface area contributed by atoms with E-state index in [2.05, 4.69) is 32.6 Å². The Balaban J connectivity index is 1.77. The molecule has 0 saturated heterocycles. The summed E-state index contributed by atoms with van der Waals surface area (Å²) in [4.78, 5) is 1.71. The van der Waals surface area contributed by atoms with Gasteiger partial charge in [-0.3, -0.25) is 0 Å². The molecular formula is C19H14N6. The van der Waals surface area contributed by atoms with Crippen molar-refractivity contribution in [3.8, 4) is 0 Å². The molecule has 0 N–H and O–H groups in total. The summed E-state index contributed by atoms with van der Waals surface area (Å²) in [5.41, 5.74) is 4.54. The highest BCUT2D eigenvalue weighted by molar-refractivity contribution is 5.75. The lowest BCUT2D eigenvalue weighted by Gasteiger charge is -2.17. The summed E-state index contributed by atoms with van der Waals surface area (Å²) in [6.45, 7) is 0. The number of hydrogen-bond acceptors (Lipinski definition) is 4. The molecule has 0 amide bonds. The van der Waals surface area contributed by atoms with Crippen molar-refractivity contribution in [3.05, 3.63) is 84.4 Å². The Morgan fingerprint density at radius 1 is 0.640 bits per heavy atom. The summed E-state index contributed by atoms with van der Waals surface area (Å²) in [6, 6.07) is 25.8. The maximum Gasteiger partial charge on any atom is 0.190 e. The molecule has 5 aromatic rings. The molecule has 0 spiro atoms. The Hall–Kier alpha value is -3.54. The molecule has 0 saturated carbocycles. The molecule has 0 aliphatic rings. The molecule has 2 heterocycles. The number of nitrogens with zero attached hydrogens (tertiary/aromatic N) is 6. The van der Waals surface area contributed by atoms with Crippen LogP contribution in [0.5, 0.6) is 0 Å². The minimum absolute atomic E-state index is 0.305. The Labute approximate surface area is 143 Å². The van der Waals surface area contributed by atoms with Gasteiger partial charge in [-0.2, -0.15) is 15.0 Å². The van der Waals surface area contributed by atoms with Gasteiger partial charge in [-0.15, -0.1) is 5.10 Å². The number of rotatable bonds is 3. The van der Waals surface area contributed by atoms with Crippen LogP contribution in [0.25, 0.3) is 22.1 Å². The van der Waals surface area contributed by atoms with Crippen molar-refractivity contribution in [1.29, 1.82) is 0 Å². The zero-order chi connectivity index (χ0) is 16.6. The first kappa shape index (κ1) is 13.9. The summed E-state index contributed by atoms with van der Waals surface area (Å²) in [5, 5.41) is 18.0. The van der Waals surface area contributed by atoms with Gasteiger partial charge in [0, 0.05) is 5.56 Å². The van der Waals surface area contributed by atoms with Crippen LogP contribution in [0.2, 0.25) is 0 Å². The standard InChI is InChI=1S/C19H14N6/c1-2-8-14(9-3-1)19(24-18-13-7-6-12-17(18)20-23-24)25-21-15-10-4-5-11-16(15)22-25/h1-13,19H. The van der Waals surface area contributed by atoms with Crippen LogP contribution in [0.15, 0.2) is 78.9 Å². The predicted octanol–water partition coefficient (Wildman–Crippen LogP) is 3.27. The van der Waals surface area contributed by atoms with Crippen molar-refractivity contribution < 1.29 is 0 Å². The Morgan fingerprint density at radius 3 is 1.96 bits per heavy atom. The van der Waals surface area contributed by atoms with E-state index in [4.69, 9.17) is 0 Å². The Morgan fingerprint density at radius 2 is 1.24 bits per heavy atom. The highest BCUT2D eigenvalue weighted by Gasteiger charge is 2.22. The van der Waals surface area contributed by atoms with Crippen molar-refractivity contribution in [3.63, 3.8) is 0 Å². The van der Waals surface area contributed by atoms with Gasteiger partial charge in [0.1, 0.15) is 16.6 Å². The van der Waals surface area contributed by atoms with Crippen LogP contribution in [0.3, 0.4) is 0 Å². The SMILES string of the molecule is c1ccc(C(n2nc3ccccc3n2)n2nnc3ccccc32)cc1. The average molecular weight is 326 g/mol. The number of fused-ring (bicyclic) bond motifs is 2. The number of aromatic nitrogens is 6. The first-order valence-electron chi connectivity index (χ1n) is 8.06. The van der Waals surface area contributed by atoms with Crippen LogP contribution in [-0.2, 0) is 0 Å². The summed E-state index contributed by atoms with van der Waals surface area (Å²) in [6.07, 6.45) is -0.305.